The Morgan fingerprint density at radius 1 is 1.07 bits per heavy atom. The standard InChI is InChI=1S/C19H18F2N4O4/c1-3-29-14-7-5-11(9-15(14)28-2)19(27)25-24-18(26)10-4-6-12-13(8-10)23-17(22-12)16(20)21/h4-9,16H,3H2,1-2H3,(H,22,23)(H,24,26)(H,25,27). The number of imidazole rings is 1. The van der Waals surface area contributed by atoms with Gasteiger partial charge in [0.15, 0.2) is 17.3 Å². The number of carbonyl (C=O) groups excluding carboxylic acids is 2. The van der Waals surface area contributed by atoms with Crippen LogP contribution in [0.3, 0.4) is 0 Å². The van der Waals surface area contributed by atoms with E-state index in [1.807, 2.05) is 6.92 Å². The predicted molar refractivity (Wildman–Crippen MR) is 100 cm³/mol. The van der Waals surface area contributed by atoms with E-state index in [0.29, 0.717) is 23.6 Å². The van der Waals surface area contributed by atoms with E-state index in [4.69, 9.17) is 9.47 Å². The molecule has 0 bridgehead atoms. The molecule has 8 nitrogen and oxygen atoms in total. The van der Waals surface area contributed by atoms with Gasteiger partial charge in [-0.25, -0.2) is 13.8 Å². The molecular weight excluding hydrogens is 386 g/mol. The van der Waals surface area contributed by atoms with Crippen molar-refractivity contribution in [2.24, 2.45) is 0 Å². The number of ether oxygens (including phenoxy) is 2. The SMILES string of the molecule is CCOc1ccc(C(=O)NNC(=O)c2ccc3nc(C(F)F)[nH]c3c2)cc1OC. The molecule has 29 heavy (non-hydrogen) atoms. The van der Waals surface area contributed by atoms with Crippen molar-refractivity contribution in [3.8, 4) is 11.5 Å². The molecule has 1 heterocycles. The molecule has 3 rings (SSSR count). The summed E-state index contributed by atoms with van der Waals surface area (Å²) in [4.78, 5) is 30.7. The minimum atomic E-state index is -2.75. The van der Waals surface area contributed by atoms with E-state index in [1.54, 1.807) is 6.07 Å². The van der Waals surface area contributed by atoms with Crippen LogP contribution in [-0.4, -0.2) is 35.5 Å². The number of alkyl halides is 2. The first-order valence-electron chi connectivity index (χ1n) is 8.62. The van der Waals surface area contributed by atoms with Crippen molar-refractivity contribution in [2.75, 3.05) is 13.7 Å². The van der Waals surface area contributed by atoms with Crippen LogP contribution in [0.2, 0.25) is 0 Å². The maximum Gasteiger partial charge on any atom is 0.295 e. The van der Waals surface area contributed by atoms with Crippen LogP contribution >= 0.6 is 0 Å². The smallest absolute Gasteiger partial charge is 0.295 e. The molecule has 2 aromatic carbocycles. The summed E-state index contributed by atoms with van der Waals surface area (Å²) in [6.45, 7) is 2.27. The Morgan fingerprint density at radius 3 is 2.34 bits per heavy atom. The summed E-state index contributed by atoms with van der Waals surface area (Å²) in [5.41, 5.74) is 5.57. The molecule has 0 aliphatic rings. The minimum Gasteiger partial charge on any atom is -0.493 e. The van der Waals surface area contributed by atoms with Crippen LogP contribution in [0.1, 0.15) is 39.9 Å². The number of aromatic amines is 1. The lowest BCUT2D eigenvalue weighted by Crippen LogP contribution is -2.41. The lowest BCUT2D eigenvalue weighted by Gasteiger charge is -2.11. The fraction of sp³-hybridized carbons (Fsp3) is 0.211. The maximum atomic E-state index is 12.7. The molecule has 0 spiro atoms. The van der Waals surface area contributed by atoms with Gasteiger partial charge in [-0.1, -0.05) is 0 Å². The number of benzene rings is 2. The first kappa shape index (κ1) is 20.1. The number of amides is 2. The normalized spacial score (nSPS) is 10.8. The van der Waals surface area contributed by atoms with Crippen LogP contribution in [0.4, 0.5) is 8.78 Å². The topological polar surface area (TPSA) is 105 Å². The largest absolute Gasteiger partial charge is 0.493 e. The molecule has 10 heteroatoms. The van der Waals surface area contributed by atoms with Gasteiger partial charge in [0, 0.05) is 11.1 Å². The number of nitrogens with one attached hydrogen (secondary N) is 3. The Labute approximate surface area is 164 Å². The molecule has 0 radical (unpaired) electrons. The van der Waals surface area contributed by atoms with Crippen LogP contribution in [0.5, 0.6) is 11.5 Å². The zero-order valence-electron chi connectivity index (χ0n) is 15.6. The van der Waals surface area contributed by atoms with E-state index in [2.05, 4.69) is 20.8 Å². The molecule has 0 fully saturated rings. The number of hydrogen-bond donors (Lipinski definition) is 3. The molecule has 3 N–H and O–H groups in total. The highest BCUT2D eigenvalue weighted by molar-refractivity contribution is 6.00. The maximum absolute atomic E-state index is 12.7. The molecule has 0 aliphatic carbocycles. The highest BCUT2D eigenvalue weighted by atomic mass is 19.3. The second-order valence-corrected chi connectivity index (χ2v) is 5.86. The van der Waals surface area contributed by atoms with Crippen LogP contribution in [0.25, 0.3) is 11.0 Å². The zero-order valence-corrected chi connectivity index (χ0v) is 15.6. The summed E-state index contributed by atoms with van der Waals surface area (Å²) in [6.07, 6.45) is -2.75. The summed E-state index contributed by atoms with van der Waals surface area (Å²) in [5, 5.41) is 0. The number of fused-ring (bicyclic) bond motifs is 1. The molecule has 0 unspecified atom stereocenters. The van der Waals surface area contributed by atoms with Gasteiger partial charge in [-0.05, 0) is 43.3 Å². The highest BCUT2D eigenvalue weighted by Gasteiger charge is 2.15. The van der Waals surface area contributed by atoms with E-state index >= 15 is 0 Å². The number of rotatable bonds is 6. The second kappa shape index (κ2) is 8.55. The molecule has 152 valence electrons. The lowest BCUT2D eigenvalue weighted by atomic mass is 10.2. The zero-order chi connectivity index (χ0) is 21.0. The van der Waals surface area contributed by atoms with Crippen molar-refractivity contribution in [2.45, 2.75) is 13.3 Å². The van der Waals surface area contributed by atoms with E-state index in [0.717, 1.165) is 0 Å². The monoisotopic (exact) mass is 404 g/mol. The van der Waals surface area contributed by atoms with Gasteiger partial charge in [0.1, 0.15) is 0 Å². The Morgan fingerprint density at radius 2 is 1.72 bits per heavy atom. The van der Waals surface area contributed by atoms with Crippen LogP contribution in [0, 0.1) is 0 Å². The van der Waals surface area contributed by atoms with Crippen molar-refractivity contribution in [1.29, 1.82) is 0 Å². The fourth-order valence-electron chi connectivity index (χ4n) is 2.62. The van der Waals surface area contributed by atoms with Crippen molar-refractivity contribution < 1.29 is 27.8 Å². The van der Waals surface area contributed by atoms with Gasteiger partial charge < -0.3 is 14.5 Å². The molecular formula is C19H18F2N4O4. The number of hydrazine groups is 1. The summed E-state index contributed by atoms with van der Waals surface area (Å²) >= 11 is 0. The third-order valence-corrected chi connectivity index (χ3v) is 3.98. The van der Waals surface area contributed by atoms with Gasteiger partial charge in [0.2, 0.25) is 0 Å². The van der Waals surface area contributed by atoms with E-state index < -0.39 is 24.1 Å². The average Bonchev–Trinajstić information content (AvgIpc) is 3.16. The lowest BCUT2D eigenvalue weighted by molar-refractivity contribution is 0.0846. The van der Waals surface area contributed by atoms with E-state index in [9.17, 15) is 18.4 Å². The molecule has 0 atom stereocenters. The Kier molecular flexibility index (Phi) is 5.91. The van der Waals surface area contributed by atoms with Gasteiger partial charge in [0.25, 0.3) is 18.2 Å². The number of halogens is 2. The summed E-state index contributed by atoms with van der Waals surface area (Å²) in [6, 6.07) is 8.82. The summed E-state index contributed by atoms with van der Waals surface area (Å²) in [7, 11) is 1.45. The number of aromatic nitrogens is 2. The fourth-order valence-corrected chi connectivity index (χ4v) is 2.62. The van der Waals surface area contributed by atoms with Crippen molar-refractivity contribution >= 4 is 22.8 Å². The third-order valence-electron chi connectivity index (χ3n) is 3.98. The van der Waals surface area contributed by atoms with Gasteiger partial charge in [-0.2, -0.15) is 0 Å². The van der Waals surface area contributed by atoms with Crippen molar-refractivity contribution in [3.63, 3.8) is 0 Å². The second-order valence-electron chi connectivity index (χ2n) is 5.86. The number of methoxy groups -OCH3 is 1. The number of H-pyrrole nitrogens is 1. The quantitative estimate of drug-likeness (QED) is 0.548. The van der Waals surface area contributed by atoms with E-state index in [1.165, 1.54) is 37.4 Å². The number of hydrogen-bond acceptors (Lipinski definition) is 5. The van der Waals surface area contributed by atoms with Gasteiger partial charge in [-0.15, -0.1) is 0 Å². The van der Waals surface area contributed by atoms with Crippen LogP contribution < -0.4 is 20.3 Å². The average molecular weight is 404 g/mol. The van der Waals surface area contributed by atoms with Crippen LogP contribution in [0.15, 0.2) is 36.4 Å². The molecule has 0 saturated carbocycles. The molecule has 2 amide bonds. The Balaban J connectivity index is 1.68. The third kappa shape index (κ3) is 4.42. The highest BCUT2D eigenvalue weighted by Crippen LogP contribution is 2.28. The van der Waals surface area contributed by atoms with Gasteiger partial charge >= 0.3 is 0 Å². The molecule has 0 aliphatic heterocycles. The predicted octanol–water partition coefficient (Wildman–Crippen LogP) is 2.98. The van der Waals surface area contributed by atoms with Gasteiger partial charge in [-0.3, -0.25) is 20.4 Å². The number of carbonyl (C=O) groups is 2. The molecule has 0 saturated heterocycles. The summed E-state index contributed by atoms with van der Waals surface area (Å²) in [5.74, 6) is -0.791. The van der Waals surface area contributed by atoms with Crippen LogP contribution in [-0.2, 0) is 0 Å². The Hall–Kier alpha value is -3.69. The molecule has 3 aromatic rings. The first-order chi connectivity index (χ1) is 13.9. The minimum absolute atomic E-state index is 0.159. The van der Waals surface area contributed by atoms with Crippen molar-refractivity contribution in [3.05, 3.63) is 53.3 Å². The Bertz CT molecular complexity index is 1050. The molecule has 1 aromatic heterocycles. The first-order valence-corrected chi connectivity index (χ1v) is 8.62. The van der Waals surface area contributed by atoms with E-state index in [-0.39, 0.29) is 16.6 Å². The van der Waals surface area contributed by atoms with Crippen molar-refractivity contribution in [1.82, 2.24) is 20.8 Å². The summed E-state index contributed by atoms with van der Waals surface area (Å²) < 4.78 is 36.0. The number of nitrogens with zero attached hydrogens (tertiary/aromatic N) is 1. The van der Waals surface area contributed by atoms with Gasteiger partial charge in [0.05, 0.1) is 24.8 Å².